The highest BCUT2D eigenvalue weighted by atomic mass is 32.2. The molecule has 0 heterocycles. The molecule has 0 unspecified atom stereocenters. The summed E-state index contributed by atoms with van der Waals surface area (Å²) in [6.45, 7) is 7.25. The van der Waals surface area contributed by atoms with Crippen molar-refractivity contribution < 1.29 is 27.1 Å². The molecule has 208 valence electrons. The monoisotopic (exact) mass is 555 g/mol. The summed E-state index contributed by atoms with van der Waals surface area (Å²) < 4.78 is 47.6. The molecule has 0 aliphatic rings. The highest BCUT2D eigenvalue weighted by Crippen LogP contribution is 2.27. The third kappa shape index (κ3) is 7.57. The predicted molar refractivity (Wildman–Crippen MR) is 148 cm³/mol. The zero-order chi connectivity index (χ0) is 28.6. The lowest BCUT2D eigenvalue weighted by Gasteiger charge is -2.32. The number of carbonyl (C=O) groups is 2. The minimum Gasteiger partial charge on any atom is -0.494 e. The first-order valence-electron chi connectivity index (χ1n) is 12.7. The number of benzene rings is 3. The molecule has 3 aromatic carbocycles. The normalized spacial score (nSPS) is 11.9. The van der Waals surface area contributed by atoms with Crippen LogP contribution >= 0.6 is 0 Å². The first-order chi connectivity index (χ1) is 18.6. The molecule has 0 aliphatic carbocycles. The third-order valence-electron chi connectivity index (χ3n) is 6.11. The second kappa shape index (κ2) is 13.2. The van der Waals surface area contributed by atoms with E-state index in [-0.39, 0.29) is 23.0 Å². The van der Waals surface area contributed by atoms with Gasteiger partial charge in [0.1, 0.15) is 24.2 Å². The van der Waals surface area contributed by atoms with Crippen LogP contribution < -0.4 is 14.4 Å². The summed E-state index contributed by atoms with van der Waals surface area (Å²) >= 11 is 0. The Hall–Kier alpha value is -3.92. The van der Waals surface area contributed by atoms with Crippen LogP contribution in [0.1, 0.15) is 31.9 Å². The molecule has 0 fully saturated rings. The Kier molecular flexibility index (Phi) is 10.1. The van der Waals surface area contributed by atoms with Gasteiger partial charge in [0.2, 0.25) is 11.8 Å². The highest BCUT2D eigenvalue weighted by Gasteiger charge is 2.32. The van der Waals surface area contributed by atoms with Crippen LogP contribution in [0.15, 0.2) is 77.7 Å². The number of hydrogen-bond donors (Lipinski definition) is 1. The average Bonchev–Trinajstić information content (AvgIpc) is 2.92. The molecular weight excluding hydrogens is 521 g/mol. The van der Waals surface area contributed by atoms with Crippen molar-refractivity contribution in [3.05, 3.63) is 89.7 Å². The molecule has 0 spiro atoms. The molecule has 39 heavy (non-hydrogen) atoms. The van der Waals surface area contributed by atoms with Gasteiger partial charge in [0, 0.05) is 13.1 Å². The maximum Gasteiger partial charge on any atom is 0.264 e. The van der Waals surface area contributed by atoms with Crippen LogP contribution in [-0.4, -0.2) is 50.9 Å². The number of halogens is 1. The number of nitrogens with zero attached hydrogens (tertiary/aromatic N) is 2. The van der Waals surface area contributed by atoms with E-state index in [0.717, 1.165) is 9.87 Å². The van der Waals surface area contributed by atoms with Crippen molar-refractivity contribution in [2.75, 3.05) is 24.0 Å². The summed E-state index contributed by atoms with van der Waals surface area (Å²) in [6, 6.07) is 17.4. The smallest absolute Gasteiger partial charge is 0.264 e. The van der Waals surface area contributed by atoms with E-state index in [4.69, 9.17) is 4.74 Å². The van der Waals surface area contributed by atoms with E-state index in [1.54, 1.807) is 50.2 Å². The molecule has 1 atom stereocenters. The van der Waals surface area contributed by atoms with E-state index < -0.39 is 34.3 Å². The van der Waals surface area contributed by atoms with Gasteiger partial charge in [0.25, 0.3) is 10.0 Å². The highest BCUT2D eigenvalue weighted by molar-refractivity contribution is 7.92. The molecular formula is C29H34FN3O5S. The lowest BCUT2D eigenvalue weighted by Crippen LogP contribution is -2.51. The molecule has 0 saturated heterocycles. The molecule has 1 N–H and O–H groups in total. The first kappa shape index (κ1) is 29.6. The van der Waals surface area contributed by atoms with Gasteiger partial charge in [0.05, 0.1) is 17.2 Å². The van der Waals surface area contributed by atoms with Crippen molar-refractivity contribution in [2.24, 2.45) is 0 Å². The second-order valence-electron chi connectivity index (χ2n) is 8.97. The molecule has 2 amide bonds. The van der Waals surface area contributed by atoms with Gasteiger partial charge in [-0.1, -0.05) is 29.8 Å². The fraction of sp³-hybridized carbons (Fsp3) is 0.310. The molecule has 0 aromatic heterocycles. The number of amides is 2. The summed E-state index contributed by atoms with van der Waals surface area (Å²) in [6.07, 6.45) is 0. The summed E-state index contributed by atoms with van der Waals surface area (Å²) in [5, 5.41) is 2.70. The number of anilines is 1. The topological polar surface area (TPSA) is 96.0 Å². The van der Waals surface area contributed by atoms with Crippen LogP contribution in [0.3, 0.4) is 0 Å². The molecule has 0 radical (unpaired) electrons. The Balaban J connectivity index is 2.02. The van der Waals surface area contributed by atoms with Gasteiger partial charge in [-0.3, -0.25) is 13.9 Å². The number of likely N-dealkylation sites (N-methyl/N-ethyl adjacent to an activating group) is 1. The fourth-order valence-electron chi connectivity index (χ4n) is 3.93. The van der Waals surface area contributed by atoms with E-state index in [2.05, 4.69) is 5.32 Å². The Morgan fingerprint density at radius 1 is 0.949 bits per heavy atom. The zero-order valence-electron chi connectivity index (χ0n) is 22.6. The third-order valence-corrected chi connectivity index (χ3v) is 7.90. The maximum absolute atomic E-state index is 13.8. The number of carbonyl (C=O) groups excluding carboxylic acids is 2. The molecule has 3 aromatic rings. The number of aryl methyl sites for hydroxylation is 1. The summed E-state index contributed by atoms with van der Waals surface area (Å²) in [7, 11) is -4.16. The predicted octanol–water partition coefficient (Wildman–Crippen LogP) is 4.28. The second-order valence-corrected chi connectivity index (χ2v) is 10.8. The van der Waals surface area contributed by atoms with Crippen molar-refractivity contribution in [3.8, 4) is 5.75 Å². The Labute approximate surface area is 229 Å². The lowest BCUT2D eigenvalue weighted by atomic mass is 10.1. The van der Waals surface area contributed by atoms with Crippen molar-refractivity contribution in [1.82, 2.24) is 10.2 Å². The van der Waals surface area contributed by atoms with Gasteiger partial charge in [0.15, 0.2) is 0 Å². The molecule has 0 aliphatic heterocycles. The summed E-state index contributed by atoms with van der Waals surface area (Å²) in [4.78, 5) is 27.8. The van der Waals surface area contributed by atoms with Crippen LogP contribution in [0, 0.1) is 12.7 Å². The number of rotatable bonds is 12. The number of ether oxygens (including phenoxy) is 1. The maximum atomic E-state index is 13.8. The lowest BCUT2D eigenvalue weighted by molar-refractivity contribution is -0.139. The first-order valence-corrected chi connectivity index (χ1v) is 14.1. The largest absolute Gasteiger partial charge is 0.494 e. The summed E-state index contributed by atoms with van der Waals surface area (Å²) in [5.41, 5.74) is 1.74. The SMILES string of the molecule is CCNC(=O)[C@@H](C)N(Cc1ccc(F)cc1)C(=O)CN(c1ccc(OCC)cc1)S(=O)(=O)c1ccc(C)cc1. The van der Waals surface area contributed by atoms with Crippen molar-refractivity contribution in [3.63, 3.8) is 0 Å². The molecule has 3 rings (SSSR count). The van der Waals surface area contributed by atoms with E-state index in [1.807, 2.05) is 13.8 Å². The van der Waals surface area contributed by atoms with Crippen molar-refractivity contribution >= 4 is 27.5 Å². The summed E-state index contributed by atoms with van der Waals surface area (Å²) in [5.74, 6) is -0.855. The van der Waals surface area contributed by atoms with Crippen LogP contribution in [0.4, 0.5) is 10.1 Å². The van der Waals surface area contributed by atoms with Gasteiger partial charge >= 0.3 is 0 Å². The van der Waals surface area contributed by atoms with E-state index in [1.165, 1.54) is 41.3 Å². The van der Waals surface area contributed by atoms with Crippen LogP contribution in [0.25, 0.3) is 0 Å². The Bertz CT molecular complexity index is 1360. The van der Waals surface area contributed by atoms with Crippen molar-refractivity contribution in [1.29, 1.82) is 0 Å². The fourth-order valence-corrected chi connectivity index (χ4v) is 5.35. The quantitative estimate of drug-likeness (QED) is 0.360. The molecule has 8 nitrogen and oxygen atoms in total. The van der Waals surface area contributed by atoms with E-state index in [9.17, 15) is 22.4 Å². The van der Waals surface area contributed by atoms with Gasteiger partial charge in [-0.05, 0) is 81.8 Å². The van der Waals surface area contributed by atoms with Gasteiger partial charge in [-0.2, -0.15) is 0 Å². The number of sulfonamides is 1. The molecule has 10 heteroatoms. The van der Waals surface area contributed by atoms with Crippen molar-refractivity contribution in [2.45, 2.75) is 45.2 Å². The van der Waals surface area contributed by atoms with Crippen LogP contribution in [0.5, 0.6) is 5.75 Å². The number of hydrogen-bond acceptors (Lipinski definition) is 5. The van der Waals surface area contributed by atoms with Crippen LogP contribution in [-0.2, 0) is 26.2 Å². The van der Waals surface area contributed by atoms with E-state index in [0.29, 0.717) is 24.5 Å². The van der Waals surface area contributed by atoms with Crippen LogP contribution in [0.2, 0.25) is 0 Å². The minimum absolute atomic E-state index is 0.0148. The standard InChI is InChI=1S/C29H34FN3O5S/c1-5-31-29(35)22(4)32(19-23-9-11-24(30)12-10-23)28(34)20-33(25-13-15-26(16-14-25)38-6-2)39(36,37)27-17-7-21(3)8-18-27/h7-18,22H,5-6,19-20H2,1-4H3,(H,31,35)/t22-/m1/s1. The van der Waals surface area contributed by atoms with Gasteiger partial charge in [-0.15, -0.1) is 0 Å². The average molecular weight is 556 g/mol. The minimum atomic E-state index is -4.16. The Morgan fingerprint density at radius 3 is 2.13 bits per heavy atom. The number of nitrogens with one attached hydrogen (secondary N) is 1. The van der Waals surface area contributed by atoms with Gasteiger partial charge < -0.3 is 15.0 Å². The molecule has 0 bridgehead atoms. The molecule has 0 saturated carbocycles. The zero-order valence-corrected chi connectivity index (χ0v) is 23.4. The van der Waals surface area contributed by atoms with E-state index >= 15 is 0 Å². The van der Waals surface area contributed by atoms with Gasteiger partial charge in [-0.25, -0.2) is 12.8 Å². The Morgan fingerprint density at radius 2 is 1.56 bits per heavy atom.